The Balaban J connectivity index is 1.80. The highest BCUT2D eigenvalue weighted by Gasteiger charge is 2.44. The molecule has 10 nitrogen and oxygen atoms in total. The van der Waals surface area contributed by atoms with Gasteiger partial charge in [-0.15, -0.1) is 8.78 Å². The predicted molar refractivity (Wildman–Crippen MR) is 104 cm³/mol. The zero-order valence-electron chi connectivity index (χ0n) is 16.1. The van der Waals surface area contributed by atoms with Crippen molar-refractivity contribution in [2.75, 3.05) is 5.75 Å². The first-order valence-corrected chi connectivity index (χ1v) is 10.3. The van der Waals surface area contributed by atoms with Crippen molar-refractivity contribution in [3.63, 3.8) is 0 Å². The summed E-state index contributed by atoms with van der Waals surface area (Å²) in [5.74, 6) is -0.414. The number of nitrogens with two attached hydrogens (primary N) is 1. The molecular weight excluding hydrogens is 434 g/mol. The van der Waals surface area contributed by atoms with E-state index < -0.39 is 23.0 Å². The summed E-state index contributed by atoms with van der Waals surface area (Å²) < 4.78 is 51.4. The lowest BCUT2D eigenvalue weighted by Gasteiger charge is -2.05. The highest BCUT2D eigenvalue weighted by molar-refractivity contribution is 7.85. The Kier molecular flexibility index (Phi) is 4.02. The number of amides is 1. The number of primary amides is 1. The number of hydrogen-bond acceptors (Lipinski definition) is 7. The summed E-state index contributed by atoms with van der Waals surface area (Å²) >= 11 is 0. The van der Waals surface area contributed by atoms with E-state index in [1.54, 1.807) is 18.5 Å². The summed E-state index contributed by atoms with van der Waals surface area (Å²) in [6.07, 6.45) is -2.36. The molecule has 1 aliphatic rings. The average molecular weight is 448 g/mol. The Morgan fingerprint density at radius 1 is 1.29 bits per heavy atom. The Hall–Kier alpha value is -3.61. The third-order valence-electron chi connectivity index (χ3n) is 4.84. The third kappa shape index (κ3) is 2.84. The van der Waals surface area contributed by atoms with Crippen LogP contribution >= 0.6 is 0 Å². The molecule has 0 saturated heterocycles. The molecule has 4 aromatic rings. The van der Waals surface area contributed by atoms with Gasteiger partial charge in [-0.2, -0.15) is 5.10 Å². The summed E-state index contributed by atoms with van der Waals surface area (Å²) in [5.41, 5.74) is 6.89. The largest absolute Gasteiger partial charge is 0.586 e. The number of nitrogens with zero attached hydrogens (tertiary/aromatic N) is 5. The summed E-state index contributed by atoms with van der Waals surface area (Å²) in [4.78, 5) is 20.6. The number of hydrogen-bond donors (Lipinski definition) is 1. The van der Waals surface area contributed by atoms with Crippen molar-refractivity contribution in [2.24, 2.45) is 12.8 Å². The van der Waals surface area contributed by atoms with Crippen LogP contribution in [0.2, 0.25) is 0 Å². The standard InChI is InChI=1S/C18H14F2N6O4S/c1-3-31(28)17-13(15-22-5-4-9(14(21)27)26(15)24-17)16-23-8-6-11-12(7-10(8)25(16)2)30-18(19,20)29-11/h4-7H,3H2,1-2H3,(H2,21,27). The number of fused-ring (bicyclic) bond motifs is 3. The Bertz CT molecular complexity index is 1430. The second-order valence-corrected chi connectivity index (χ2v) is 8.35. The zero-order valence-corrected chi connectivity index (χ0v) is 16.9. The average Bonchev–Trinajstić information content (AvgIpc) is 3.34. The monoisotopic (exact) mass is 448 g/mol. The van der Waals surface area contributed by atoms with Crippen molar-refractivity contribution in [3.8, 4) is 22.9 Å². The molecule has 0 bridgehead atoms. The van der Waals surface area contributed by atoms with Gasteiger partial charge in [0.2, 0.25) is 0 Å². The quantitative estimate of drug-likeness (QED) is 0.505. The molecule has 3 aromatic heterocycles. The minimum Gasteiger partial charge on any atom is -0.395 e. The first kappa shape index (κ1) is 19.4. The molecule has 0 aliphatic carbocycles. The fourth-order valence-electron chi connectivity index (χ4n) is 3.46. The maximum atomic E-state index is 13.4. The Morgan fingerprint density at radius 3 is 2.68 bits per heavy atom. The minimum absolute atomic E-state index is 0.0624. The predicted octanol–water partition coefficient (Wildman–Crippen LogP) is 1.83. The van der Waals surface area contributed by atoms with E-state index in [0.717, 1.165) is 0 Å². The van der Waals surface area contributed by atoms with Crippen LogP contribution in [0.15, 0.2) is 29.4 Å². The SMILES string of the molecule is CCS(=O)c1nn2c(C(N)=O)ccnc2c1-c1nc2cc3c(cc2n1C)OC(F)(F)O3. The van der Waals surface area contributed by atoms with Gasteiger partial charge in [0.1, 0.15) is 11.5 Å². The lowest BCUT2D eigenvalue weighted by atomic mass is 10.3. The molecule has 0 radical (unpaired) electrons. The lowest BCUT2D eigenvalue weighted by molar-refractivity contribution is -0.286. The number of halogens is 2. The number of aryl methyl sites for hydroxylation is 1. The normalized spacial score (nSPS) is 15.6. The van der Waals surface area contributed by atoms with Crippen LogP contribution < -0.4 is 15.2 Å². The molecule has 0 saturated carbocycles. The molecule has 160 valence electrons. The smallest absolute Gasteiger partial charge is 0.395 e. The molecule has 5 rings (SSSR count). The van der Waals surface area contributed by atoms with Crippen molar-refractivity contribution in [1.82, 2.24) is 24.1 Å². The van der Waals surface area contributed by atoms with Crippen LogP contribution in [0.4, 0.5) is 8.78 Å². The molecule has 1 amide bonds. The van der Waals surface area contributed by atoms with Crippen LogP contribution in [0.3, 0.4) is 0 Å². The summed E-state index contributed by atoms with van der Waals surface area (Å²) in [6.45, 7) is 1.72. The molecule has 13 heteroatoms. The fourth-order valence-corrected chi connectivity index (χ4v) is 4.32. The van der Waals surface area contributed by atoms with Crippen molar-refractivity contribution in [3.05, 3.63) is 30.1 Å². The fraction of sp³-hybridized carbons (Fsp3) is 0.222. The number of carbonyl (C=O) groups is 1. The molecule has 1 atom stereocenters. The van der Waals surface area contributed by atoms with E-state index >= 15 is 0 Å². The maximum Gasteiger partial charge on any atom is 0.586 e. The van der Waals surface area contributed by atoms with Crippen LogP contribution in [0.25, 0.3) is 28.1 Å². The molecule has 31 heavy (non-hydrogen) atoms. The van der Waals surface area contributed by atoms with Gasteiger partial charge in [-0.25, -0.2) is 14.5 Å². The van der Waals surface area contributed by atoms with E-state index in [2.05, 4.69) is 24.5 Å². The lowest BCUT2D eigenvalue weighted by Crippen LogP contribution is -2.25. The first-order valence-electron chi connectivity index (χ1n) is 9.02. The van der Waals surface area contributed by atoms with Gasteiger partial charge >= 0.3 is 6.29 Å². The van der Waals surface area contributed by atoms with Gasteiger partial charge in [0.25, 0.3) is 5.91 Å². The van der Waals surface area contributed by atoms with Gasteiger partial charge in [0, 0.05) is 31.1 Å². The van der Waals surface area contributed by atoms with Gasteiger partial charge in [-0.05, 0) is 6.07 Å². The number of alkyl halides is 2. The van der Waals surface area contributed by atoms with E-state index in [-0.39, 0.29) is 33.6 Å². The Morgan fingerprint density at radius 2 is 2.00 bits per heavy atom. The number of benzene rings is 1. The van der Waals surface area contributed by atoms with Crippen LogP contribution in [0.5, 0.6) is 11.5 Å². The van der Waals surface area contributed by atoms with Crippen molar-refractivity contribution < 1.29 is 27.3 Å². The number of rotatable bonds is 4. The molecule has 1 aliphatic heterocycles. The van der Waals surface area contributed by atoms with Crippen LogP contribution in [0, 0.1) is 0 Å². The van der Waals surface area contributed by atoms with Crippen LogP contribution in [0.1, 0.15) is 17.4 Å². The maximum absolute atomic E-state index is 13.4. The first-order chi connectivity index (χ1) is 14.7. The zero-order chi connectivity index (χ0) is 22.1. The second kappa shape index (κ2) is 6.44. The van der Waals surface area contributed by atoms with E-state index in [1.165, 1.54) is 28.9 Å². The molecule has 1 unspecified atom stereocenters. The Labute approximate surface area is 175 Å². The number of aromatic nitrogens is 5. The number of imidazole rings is 1. The summed E-state index contributed by atoms with van der Waals surface area (Å²) in [5, 5.41) is 4.50. The van der Waals surface area contributed by atoms with E-state index in [0.29, 0.717) is 22.4 Å². The minimum atomic E-state index is -3.74. The van der Waals surface area contributed by atoms with Crippen molar-refractivity contribution in [1.29, 1.82) is 0 Å². The van der Waals surface area contributed by atoms with Gasteiger partial charge < -0.3 is 19.8 Å². The summed E-state index contributed by atoms with van der Waals surface area (Å²) in [7, 11) is 0.136. The molecule has 2 N–H and O–H groups in total. The van der Waals surface area contributed by atoms with Gasteiger partial charge in [-0.3, -0.25) is 9.00 Å². The number of carbonyl (C=O) groups excluding carboxylic acids is 1. The third-order valence-corrected chi connectivity index (χ3v) is 6.09. The van der Waals surface area contributed by atoms with E-state index in [4.69, 9.17) is 5.73 Å². The van der Waals surface area contributed by atoms with Crippen LogP contribution in [-0.2, 0) is 17.8 Å². The van der Waals surface area contributed by atoms with Crippen molar-refractivity contribution in [2.45, 2.75) is 18.2 Å². The van der Waals surface area contributed by atoms with Gasteiger partial charge in [0.15, 0.2) is 22.2 Å². The van der Waals surface area contributed by atoms with Crippen LogP contribution in [-0.4, -0.2) is 46.3 Å². The topological polar surface area (TPSA) is 127 Å². The molecular formula is C18H14F2N6O4S. The highest BCUT2D eigenvalue weighted by Crippen LogP contribution is 2.44. The number of ether oxygens (including phenoxy) is 2. The van der Waals surface area contributed by atoms with E-state index in [1.807, 2.05) is 0 Å². The summed E-state index contributed by atoms with van der Waals surface area (Å²) in [6, 6.07) is 4.12. The van der Waals surface area contributed by atoms with E-state index in [9.17, 15) is 17.8 Å². The molecule has 1 aromatic carbocycles. The van der Waals surface area contributed by atoms with Gasteiger partial charge in [0.05, 0.1) is 27.4 Å². The van der Waals surface area contributed by atoms with Crippen molar-refractivity contribution >= 4 is 33.4 Å². The molecule has 0 spiro atoms. The molecule has 4 heterocycles. The highest BCUT2D eigenvalue weighted by atomic mass is 32.2. The molecule has 0 fully saturated rings. The second-order valence-electron chi connectivity index (χ2n) is 6.69. The van der Waals surface area contributed by atoms with Gasteiger partial charge in [-0.1, -0.05) is 6.92 Å².